The maximum Gasteiger partial charge on any atom is 0.343 e. The van der Waals surface area contributed by atoms with Crippen molar-refractivity contribution in [1.82, 2.24) is 51.7 Å². The average Bonchev–Trinajstić information content (AvgIpc) is 1.67. The van der Waals surface area contributed by atoms with Crippen molar-refractivity contribution in [3.05, 3.63) is 110 Å². The highest BCUT2D eigenvalue weighted by Gasteiger charge is 2.46. The van der Waals surface area contributed by atoms with Gasteiger partial charge >= 0.3 is 11.9 Å². The first kappa shape index (κ1) is 61.9. The summed E-state index contributed by atoms with van der Waals surface area (Å²) in [7, 11) is 0. The first-order chi connectivity index (χ1) is 40.3. The molecule has 2 aromatic heterocycles. The van der Waals surface area contributed by atoms with E-state index in [1.54, 1.807) is 71.0 Å². The average molecular weight is 1180 g/mol. The van der Waals surface area contributed by atoms with Gasteiger partial charge in [-0.1, -0.05) is 37.3 Å². The number of aromatic nitrogens is 2. The Balaban J connectivity index is 0.805. The Morgan fingerprint density at radius 1 is 0.835 bits per heavy atom. The number of hydrogen-bond donors (Lipinski definition) is 8. The number of nitrogens with one attached hydrogen (secondary N) is 7. The molecule has 26 heteroatoms. The zero-order valence-corrected chi connectivity index (χ0v) is 47.8. The van der Waals surface area contributed by atoms with Gasteiger partial charge in [0.15, 0.2) is 5.60 Å². The van der Waals surface area contributed by atoms with Crippen molar-refractivity contribution >= 4 is 76.0 Å². The lowest BCUT2D eigenvalue weighted by Crippen LogP contribution is -2.55. The fourth-order valence-electron chi connectivity index (χ4n) is 10.8. The van der Waals surface area contributed by atoms with Gasteiger partial charge in [-0.05, 0) is 95.0 Å². The van der Waals surface area contributed by atoms with Gasteiger partial charge in [-0.25, -0.2) is 14.2 Å². The van der Waals surface area contributed by atoms with Crippen molar-refractivity contribution in [1.29, 1.82) is 0 Å². The normalized spacial score (nSPS) is 17.5. The van der Waals surface area contributed by atoms with Crippen molar-refractivity contribution in [2.75, 3.05) is 26.2 Å². The zero-order valence-electron chi connectivity index (χ0n) is 47.8. The van der Waals surface area contributed by atoms with Gasteiger partial charge in [0.05, 0.1) is 54.7 Å². The maximum atomic E-state index is 15.4. The number of carbonyl (C=O) groups is 11. The molecule has 9 amide bonds. The zero-order chi connectivity index (χ0) is 61.7. The molecular weight excluding hydrogens is 1110 g/mol. The Bertz CT molecular complexity index is 3510. The fourth-order valence-corrected chi connectivity index (χ4v) is 10.8. The lowest BCUT2D eigenvalue weighted by Gasteiger charge is -2.31. The van der Waals surface area contributed by atoms with Crippen molar-refractivity contribution in [2.24, 2.45) is 0 Å². The van der Waals surface area contributed by atoms with E-state index in [-0.39, 0.29) is 75.3 Å². The monoisotopic (exact) mass is 1170 g/mol. The number of rotatable bonds is 23. The first-order valence-corrected chi connectivity index (χ1v) is 27.9. The molecule has 450 valence electrons. The van der Waals surface area contributed by atoms with Crippen LogP contribution in [0.25, 0.3) is 22.3 Å². The summed E-state index contributed by atoms with van der Waals surface area (Å²) in [4.78, 5) is 162. The van der Waals surface area contributed by atoms with E-state index < -0.39 is 126 Å². The van der Waals surface area contributed by atoms with E-state index in [1.807, 2.05) is 0 Å². The molecule has 4 aliphatic rings. The van der Waals surface area contributed by atoms with Crippen molar-refractivity contribution in [2.45, 2.75) is 141 Å². The molecule has 2 aromatic carbocycles. The Hall–Kier alpha value is -9.20. The van der Waals surface area contributed by atoms with Gasteiger partial charge in [0.1, 0.15) is 36.2 Å². The topological polar surface area (TPSA) is 349 Å². The summed E-state index contributed by atoms with van der Waals surface area (Å²) < 4.78 is 27.4. The third kappa shape index (κ3) is 13.9. The molecule has 0 bridgehead atoms. The van der Waals surface area contributed by atoms with Gasteiger partial charge in [-0.15, -0.1) is 0 Å². The highest BCUT2D eigenvalue weighted by atomic mass is 19.1. The van der Waals surface area contributed by atoms with Crippen LogP contribution in [0.3, 0.4) is 0 Å². The molecule has 5 heterocycles. The van der Waals surface area contributed by atoms with E-state index in [9.17, 15) is 62.6 Å². The molecule has 3 aliphatic heterocycles. The smallest absolute Gasteiger partial charge is 0.343 e. The molecule has 0 unspecified atom stereocenters. The van der Waals surface area contributed by atoms with Gasteiger partial charge in [0, 0.05) is 60.5 Å². The molecule has 8 N–H and O–H groups in total. The standard InChI is InChI=1S/C59H67FN10O15/c1-7-59(83)36-23-42-52-34(28-69(42)56(81)35(36)29-84-57(59)82)51-38(16-15-33-30(2)37(60)24-39(68-52)50(33)51)66-43(71)14-11-21-61-44(72)25-64-54(79)40(22-32-12-9-8-10-13-32)67-46(74)27-62-45(73)26-63-53(78)31(3)65-55(80)41(70-47(75)18-19-48(70)76)17-20-49(77)85-58(4,5)6/h8-10,12-13,18-19,23-24,31,38,40-41,83H,7,11,14-17,20-22,25-29H2,1-6H3,(H,61,72)(H,62,73)(H,63,78)(H,64,79)(H,65,80)(H,66,71)(H,67,74)/t31-,38-,40-,41-,59-/m0/s1. The van der Waals surface area contributed by atoms with Crippen LogP contribution in [0.2, 0.25) is 0 Å². The second kappa shape index (κ2) is 25.7. The van der Waals surface area contributed by atoms with Crippen molar-refractivity contribution in [3.63, 3.8) is 0 Å². The summed E-state index contributed by atoms with van der Waals surface area (Å²) >= 11 is 0. The van der Waals surface area contributed by atoms with Crippen molar-refractivity contribution in [3.8, 4) is 11.4 Å². The summed E-state index contributed by atoms with van der Waals surface area (Å²) in [6.07, 6.45) is 2.22. The molecule has 5 atom stereocenters. The Morgan fingerprint density at radius 2 is 1.51 bits per heavy atom. The molecule has 25 nitrogen and oxygen atoms in total. The molecule has 0 saturated carbocycles. The van der Waals surface area contributed by atoms with Crippen LogP contribution in [-0.2, 0) is 93.8 Å². The number of aryl methyl sites for hydroxylation is 1. The van der Waals surface area contributed by atoms with E-state index in [1.165, 1.54) is 17.6 Å². The third-order valence-electron chi connectivity index (χ3n) is 15.1. The summed E-state index contributed by atoms with van der Waals surface area (Å²) in [6, 6.07) is 6.97. The van der Waals surface area contributed by atoms with E-state index in [0.717, 1.165) is 17.7 Å². The van der Waals surface area contributed by atoms with Gasteiger partial charge in [-0.2, -0.15) is 0 Å². The fraction of sp³-hybridized carbons (Fsp3) is 0.441. The minimum absolute atomic E-state index is 0.00763. The number of ether oxygens (including phenoxy) is 2. The minimum Gasteiger partial charge on any atom is -0.460 e. The number of imide groups is 1. The van der Waals surface area contributed by atoms with Crippen LogP contribution in [0.1, 0.15) is 118 Å². The lowest BCUT2D eigenvalue weighted by molar-refractivity contribution is -0.172. The SMILES string of the molecule is CC[C@@]1(O)C(=O)OCc2c1cc1n(c2=O)Cc2c-1nc1cc(F)c(C)c3c1c2[C@@H](NC(=O)CCCNC(=O)CNC(=O)[C@H](Cc1ccccc1)NC(=O)CNC(=O)CNC(=O)[C@H](C)NC(=O)[C@H](CCC(=O)OC(C)(C)C)N1C(=O)C=CC1=O)CC3. The van der Waals surface area contributed by atoms with Gasteiger partial charge in [0.25, 0.3) is 17.4 Å². The Morgan fingerprint density at radius 3 is 2.19 bits per heavy atom. The second-order valence-corrected chi connectivity index (χ2v) is 22.2. The maximum absolute atomic E-state index is 15.4. The van der Waals surface area contributed by atoms with Gasteiger partial charge in [0.2, 0.25) is 41.4 Å². The third-order valence-corrected chi connectivity index (χ3v) is 15.1. The molecule has 85 heavy (non-hydrogen) atoms. The number of cyclic esters (lactones) is 1. The largest absolute Gasteiger partial charge is 0.460 e. The number of carbonyl (C=O) groups excluding carboxylic acids is 11. The number of nitrogens with zero attached hydrogens (tertiary/aromatic N) is 3. The number of amides is 9. The number of fused-ring (bicyclic) bond motifs is 5. The summed E-state index contributed by atoms with van der Waals surface area (Å²) in [5.41, 5.74) is 1.08. The van der Waals surface area contributed by atoms with Crippen LogP contribution in [0.5, 0.6) is 0 Å². The quantitative estimate of drug-likeness (QED) is 0.0251. The van der Waals surface area contributed by atoms with Crippen molar-refractivity contribution < 1.29 is 71.7 Å². The number of halogens is 1. The van der Waals surface area contributed by atoms with Crippen LogP contribution < -0.4 is 42.8 Å². The van der Waals surface area contributed by atoms with Gasteiger partial charge < -0.3 is 56.4 Å². The summed E-state index contributed by atoms with van der Waals surface area (Å²) in [6.45, 7) is 7.49. The predicted octanol–water partition coefficient (Wildman–Crippen LogP) is 0.523. The van der Waals surface area contributed by atoms with Crippen LogP contribution in [0.15, 0.2) is 59.4 Å². The van der Waals surface area contributed by atoms with E-state index in [2.05, 4.69) is 37.2 Å². The van der Waals surface area contributed by atoms with Gasteiger partial charge in [-0.3, -0.25) is 57.6 Å². The molecule has 4 aromatic rings. The number of benzene rings is 2. The number of aliphatic hydroxyl groups is 1. The second-order valence-electron chi connectivity index (χ2n) is 22.2. The first-order valence-electron chi connectivity index (χ1n) is 27.9. The van der Waals surface area contributed by atoms with Crippen LogP contribution >= 0.6 is 0 Å². The molecule has 0 fully saturated rings. The Labute approximate surface area is 486 Å². The van der Waals surface area contributed by atoms with Crippen LogP contribution in [0, 0.1) is 12.7 Å². The number of hydrogen-bond acceptors (Lipinski definition) is 16. The van der Waals surface area contributed by atoms with E-state index in [0.29, 0.717) is 62.3 Å². The highest BCUT2D eigenvalue weighted by molar-refractivity contribution is 6.15. The Kier molecular flexibility index (Phi) is 18.7. The summed E-state index contributed by atoms with van der Waals surface area (Å²) in [5, 5.41) is 29.9. The molecule has 8 rings (SSSR count). The predicted molar refractivity (Wildman–Crippen MR) is 299 cm³/mol. The summed E-state index contributed by atoms with van der Waals surface area (Å²) in [5.74, 6) is -8.67. The van der Waals surface area contributed by atoms with Crippen LogP contribution in [0.4, 0.5) is 4.39 Å². The number of pyridine rings is 2. The number of esters is 2. The molecule has 0 saturated heterocycles. The highest BCUT2D eigenvalue weighted by Crippen LogP contribution is 2.46. The molecule has 1 aliphatic carbocycles. The minimum atomic E-state index is -2.06. The van der Waals surface area contributed by atoms with Crippen LogP contribution in [-0.4, -0.2) is 135 Å². The van der Waals surface area contributed by atoms with E-state index >= 15 is 4.39 Å². The molecular formula is C59H67FN10O15. The molecule has 0 radical (unpaired) electrons. The lowest BCUT2D eigenvalue weighted by atomic mass is 9.81. The molecule has 0 spiro atoms. The van der Waals surface area contributed by atoms with E-state index in [4.69, 9.17) is 14.5 Å².